The SMILES string of the molecule is Cn1nnc(-c2cnn(-c3cc(Cl)cc(Cl)c3)c2SSc2c(-c3nnn(C)n3)cnn2-c2cc(Cl)cc(Cl)c2)n1. The smallest absolute Gasteiger partial charge is 0.209 e. The Morgan fingerprint density at radius 3 is 1.27 bits per heavy atom. The number of halogens is 4. The largest absolute Gasteiger partial charge is 0.226 e. The highest BCUT2D eigenvalue weighted by atomic mass is 35.5. The first-order valence-electron chi connectivity index (χ1n) is 11.2. The summed E-state index contributed by atoms with van der Waals surface area (Å²) in [4.78, 5) is 2.75. The van der Waals surface area contributed by atoms with Crippen LogP contribution in [0.4, 0.5) is 0 Å². The van der Waals surface area contributed by atoms with Crippen molar-refractivity contribution in [2.24, 2.45) is 14.1 Å². The molecule has 40 heavy (non-hydrogen) atoms. The Kier molecular flexibility index (Phi) is 7.46. The molecule has 18 heteroatoms. The summed E-state index contributed by atoms with van der Waals surface area (Å²) in [7, 11) is 6.15. The van der Waals surface area contributed by atoms with Gasteiger partial charge in [-0.3, -0.25) is 0 Å². The van der Waals surface area contributed by atoms with Crippen molar-refractivity contribution >= 4 is 68.0 Å². The normalized spacial score (nSPS) is 11.4. The lowest BCUT2D eigenvalue weighted by Gasteiger charge is -2.11. The maximum Gasteiger partial charge on any atom is 0.209 e. The van der Waals surface area contributed by atoms with E-state index in [1.165, 1.54) is 31.2 Å². The molecule has 202 valence electrons. The molecule has 0 radical (unpaired) electrons. The third-order valence-electron chi connectivity index (χ3n) is 5.33. The number of aromatic nitrogens is 12. The summed E-state index contributed by atoms with van der Waals surface area (Å²) in [5.74, 6) is 0.798. The first-order valence-corrected chi connectivity index (χ1v) is 14.8. The average Bonchev–Trinajstić information content (AvgIpc) is 3.67. The summed E-state index contributed by atoms with van der Waals surface area (Å²) < 4.78 is 3.41. The standard InChI is InChI=1S/C22H14Cl4N12S2/c1-35-31-19(29-33-35)17-9-27-37(15-5-11(23)3-12(24)6-15)21(17)39-40-22-18(20-30-34-36(2)32-20)10-28-38(22)16-7-13(25)4-14(26)8-16/h3-10H,1-2H3. The maximum atomic E-state index is 6.31. The summed E-state index contributed by atoms with van der Waals surface area (Å²) >= 11 is 25.2. The lowest BCUT2D eigenvalue weighted by Crippen LogP contribution is -2.00. The Labute approximate surface area is 253 Å². The van der Waals surface area contributed by atoms with E-state index in [4.69, 9.17) is 46.4 Å². The highest BCUT2D eigenvalue weighted by Crippen LogP contribution is 2.46. The van der Waals surface area contributed by atoms with Crippen LogP contribution in [0.1, 0.15) is 0 Å². The Bertz CT molecular complexity index is 1690. The van der Waals surface area contributed by atoms with E-state index < -0.39 is 0 Å². The van der Waals surface area contributed by atoms with Crippen LogP contribution in [0.25, 0.3) is 34.2 Å². The van der Waals surface area contributed by atoms with Crippen LogP contribution in [-0.4, -0.2) is 60.0 Å². The van der Waals surface area contributed by atoms with Crippen molar-refractivity contribution in [3.05, 3.63) is 68.9 Å². The Morgan fingerprint density at radius 2 is 0.950 bits per heavy atom. The minimum atomic E-state index is 0.399. The van der Waals surface area contributed by atoms with Crippen molar-refractivity contribution in [1.82, 2.24) is 60.0 Å². The fourth-order valence-corrected chi connectivity index (χ4v) is 7.23. The highest BCUT2D eigenvalue weighted by Gasteiger charge is 2.24. The molecule has 0 unspecified atom stereocenters. The fraction of sp³-hybridized carbons (Fsp3) is 0.0909. The van der Waals surface area contributed by atoms with Crippen molar-refractivity contribution < 1.29 is 0 Å². The van der Waals surface area contributed by atoms with Gasteiger partial charge in [0.1, 0.15) is 10.1 Å². The van der Waals surface area contributed by atoms with E-state index in [0.717, 1.165) is 0 Å². The van der Waals surface area contributed by atoms with Crippen LogP contribution in [0.15, 0.2) is 58.8 Å². The van der Waals surface area contributed by atoms with Gasteiger partial charge in [0, 0.05) is 20.1 Å². The van der Waals surface area contributed by atoms with Gasteiger partial charge in [-0.05, 0) is 68.4 Å². The topological polar surface area (TPSA) is 123 Å². The zero-order valence-electron chi connectivity index (χ0n) is 20.3. The van der Waals surface area contributed by atoms with E-state index in [9.17, 15) is 0 Å². The molecule has 0 fully saturated rings. The second-order valence-electron chi connectivity index (χ2n) is 8.18. The number of hydrogen-bond acceptors (Lipinski definition) is 10. The van der Waals surface area contributed by atoms with Gasteiger partial charge in [0.15, 0.2) is 0 Å². The molecule has 0 saturated heterocycles. The Morgan fingerprint density at radius 1 is 0.575 bits per heavy atom. The van der Waals surface area contributed by atoms with Crippen LogP contribution in [0.5, 0.6) is 0 Å². The first-order chi connectivity index (χ1) is 19.2. The molecule has 4 heterocycles. The van der Waals surface area contributed by atoms with E-state index in [0.29, 0.717) is 64.3 Å². The molecule has 0 amide bonds. The molecule has 4 aromatic heterocycles. The molecular weight excluding hydrogens is 638 g/mol. The van der Waals surface area contributed by atoms with Crippen LogP contribution >= 0.6 is 68.0 Å². The lowest BCUT2D eigenvalue weighted by atomic mass is 10.3. The predicted molar refractivity (Wildman–Crippen MR) is 154 cm³/mol. The lowest BCUT2D eigenvalue weighted by molar-refractivity contribution is 0.630. The monoisotopic (exact) mass is 650 g/mol. The van der Waals surface area contributed by atoms with E-state index in [2.05, 4.69) is 41.0 Å². The average molecular weight is 652 g/mol. The number of aryl methyl sites for hydroxylation is 2. The number of tetrazole rings is 2. The van der Waals surface area contributed by atoms with Crippen LogP contribution in [0.2, 0.25) is 20.1 Å². The second-order valence-corrected chi connectivity index (χ2v) is 12.0. The van der Waals surface area contributed by atoms with Gasteiger partial charge in [-0.25, -0.2) is 9.36 Å². The molecule has 0 spiro atoms. The van der Waals surface area contributed by atoms with Gasteiger partial charge in [-0.2, -0.15) is 19.8 Å². The maximum absolute atomic E-state index is 6.31. The molecule has 0 bridgehead atoms. The Balaban J connectivity index is 1.47. The van der Waals surface area contributed by atoms with Crippen molar-refractivity contribution in [3.63, 3.8) is 0 Å². The van der Waals surface area contributed by atoms with E-state index >= 15 is 0 Å². The minimum Gasteiger partial charge on any atom is -0.226 e. The molecule has 2 aromatic carbocycles. The summed E-state index contributed by atoms with van der Waals surface area (Å²) in [6, 6.07) is 10.3. The highest BCUT2D eigenvalue weighted by molar-refractivity contribution is 8.76. The zero-order chi connectivity index (χ0) is 28.0. The number of nitrogens with zero attached hydrogens (tertiary/aromatic N) is 12. The molecule has 6 rings (SSSR count). The number of benzene rings is 2. The molecule has 6 aromatic rings. The molecular formula is C22H14Cl4N12S2. The third-order valence-corrected chi connectivity index (χ3v) is 8.59. The van der Waals surface area contributed by atoms with Gasteiger partial charge in [-0.15, -0.1) is 20.4 Å². The van der Waals surface area contributed by atoms with Gasteiger partial charge in [0.2, 0.25) is 11.6 Å². The molecule has 12 nitrogen and oxygen atoms in total. The third kappa shape index (κ3) is 5.42. The van der Waals surface area contributed by atoms with Crippen LogP contribution in [-0.2, 0) is 14.1 Å². The van der Waals surface area contributed by atoms with Gasteiger partial charge < -0.3 is 0 Å². The fourth-order valence-electron chi connectivity index (χ4n) is 3.70. The molecule has 0 N–H and O–H groups in total. The Hall–Kier alpha value is -3.14. The van der Waals surface area contributed by atoms with E-state index in [1.807, 2.05) is 0 Å². The molecule has 0 aliphatic heterocycles. The number of hydrogen-bond donors (Lipinski definition) is 0. The number of rotatable bonds is 7. The second kappa shape index (κ2) is 11.0. The molecule has 0 atom stereocenters. The predicted octanol–water partition coefficient (Wildman–Crippen LogP) is 5.85. The summed E-state index contributed by atoms with van der Waals surface area (Å²) in [6.45, 7) is 0. The molecule has 0 saturated carbocycles. The van der Waals surface area contributed by atoms with Crippen molar-refractivity contribution in [3.8, 4) is 34.2 Å². The summed E-state index contributed by atoms with van der Waals surface area (Å²) in [5.41, 5.74) is 2.61. The molecule has 0 aliphatic rings. The molecule has 0 aliphatic carbocycles. The van der Waals surface area contributed by atoms with Gasteiger partial charge >= 0.3 is 0 Å². The van der Waals surface area contributed by atoms with Gasteiger partial charge in [0.05, 0.1) is 49.0 Å². The minimum absolute atomic E-state index is 0.399. The van der Waals surface area contributed by atoms with E-state index in [-0.39, 0.29) is 0 Å². The zero-order valence-corrected chi connectivity index (χ0v) is 25.0. The summed E-state index contributed by atoms with van der Waals surface area (Å²) in [5, 5.41) is 37.5. The van der Waals surface area contributed by atoms with Crippen molar-refractivity contribution in [2.45, 2.75) is 10.1 Å². The van der Waals surface area contributed by atoms with Gasteiger partial charge in [-0.1, -0.05) is 46.4 Å². The van der Waals surface area contributed by atoms with Crippen molar-refractivity contribution in [1.29, 1.82) is 0 Å². The quantitative estimate of drug-likeness (QED) is 0.194. The van der Waals surface area contributed by atoms with Crippen LogP contribution in [0.3, 0.4) is 0 Å². The van der Waals surface area contributed by atoms with Crippen LogP contribution in [0, 0.1) is 0 Å². The van der Waals surface area contributed by atoms with Gasteiger partial charge in [0.25, 0.3) is 0 Å². The first kappa shape index (κ1) is 27.1. The van der Waals surface area contributed by atoms with Crippen molar-refractivity contribution in [2.75, 3.05) is 0 Å². The van der Waals surface area contributed by atoms with Crippen LogP contribution < -0.4 is 0 Å². The van der Waals surface area contributed by atoms with E-state index in [1.54, 1.807) is 72.3 Å². The summed E-state index contributed by atoms with van der Waals surface area (Å²) in [6.07, 6.45) is 3.32.